The molecule has 0 aliphatic carbocycles. The maximum atomic E-state index is 11.2. The molecule has 2 heterocycles. The van der Waals surface area contributed by atoms with E-state index in [9.17, 15) is 4.79 Å². The summed E-state index contributed by atoms with van der Waals surface area (Å²) in [6, 6.07) is 0.368. The Labute approximate surface area is 116 Å². The van der Waals surface area contributed by atoms with E-state index in [0.717, 1.165) is 25.9 Å². The monoisotopic (exact) mass is 282 g/mol. The summed E-state index contributed by atoms with van der Waals surface area (Å²) < 4.78 is 0. The van der Waals surface area contributed by atoms with E-state index >= 15 is 0 Å². The van der Waals surface area contributed by atoms with Gasteiger partial charge >= 0.3 is 11.9 Å². The number of carboxylic acids is 2. The van der Waals surface area contributed by atoms with Gasteiger partial charge in [-0.3, -0.25) is 4.79 Å². The highest BCUT2D eigenvalue weighted by molar-refractivity contribution is 6.27. The standard InChI is InChI=1S/C11H16N2O.C2H2O4/c14-11-6-3-9-13(11)8-2-5-10-4-1-7-12-10;3-1(4)2(5)6/h10,12H,1,3-4,6-9H2;(H,3,4)(H,5,6)/t10-;/m0./s1. The molecular weight excluding hydrogens is 264 g/mol. The number of nitrogens with one attached hydrogen (secondary N) is 1. The van der Waals surface area contributed by atoms with Gasteiger partial charge in [-0.2, -0.15) is 0 Å². The molecule has 2 rings (SSSR count). The van der Waals surface area contributed by atoms with Gasteiger partial charge in [0.1, 0.15) is 0 Å². The molecule has 110 valence electrons. The summed E-state index contributed by atoms with van der Waals surface area (Å²) in [6.45, 7) is 2.60. The van der Waals surface area contributed by atoms with E-state index in [-0.39, 0.29) is 5.91 Å². The van der Waals surface area contributed by atoms with E-state index in [1.807, 2.05) is 4.90 Å². The maximum absolute atomic E-state index is 11.2. The van der Waals surface area contributed by atoms with Crippen LogP contribution in [0.1, 0.15) is 25.7 Å². The summed E-state index contributed by atoms with van der Waals surface area (Å²) in [4.78, 5) is 31.3. The van der Waals surface area contributed by atoms with Gasteiger partial charge in [0.05, 0.1) is 12.6 Å². The molecule has 2 saturated heterocycles. The number of hydrogen-bond donors (Lipinski definition) is 3. The fraction of sp³-hybridized carbons (Fsp3) is 0.615. The molecule has 7 nitrogen and oxygen atoms in total. The topological polar surface area (TPSA) is 107 Å². The number of carboxylic acid groups (broad SMARTS) is 2. The molecule has 0 radical (unpaired) electrons. The largest absolute Gasteiger partial charge is 0.473 e. The fourth-order valence-electron chi connectivity index (χ4n) is 1.94. The summed E-state index contributed by atoms with van der Waals surface area (Å²) in [7, 11) is 0. The molecule has 0 unspecified atom stereocenters. The van der Waals surface area contributed by atoms with Crippen molar-refractivity contribution >= 4 is 17.8 Å². The van der Waals surface area contributed by atoms with Crippen molar-refractivity contribution in [3.8, 4) is 11.8 Å². The Kier molecular flexibility index (Phi) is 6.53. The summed E-state index contributed by atoms with van der Waals surface area (Å²) in [5.74, 6) is 2.88. The van der Waals surface area contributed by atoms with Crippen LogP contribution in [-0.2, 0) is 14.4 Å². The Morgan fingerprint density at radius 3 is 2.45 bits per heavy atom. The quantitative estimate of drug-likeness (QED) is 0.443. The molecule has 0 aromatic carbocycles. The molecule has 0 aromatic rings. The normalized spacial score (nSPS) is 20.7. The Morgan fingerprint density at radius 1 is 1.30 bits per heavy atom. The summed E-state index contributed by atoms with van der Waals surface area (Å²) in [5, 5.41) is 18.1. The van der Waals surface area contributed by atoms with Gasteiger partial charge < -0.3 is 20.4 Å². The molecule has 2 aliphatic rings. The lowest BCUT2D eigenvalue weighted by Gasteiger charge is -2.10. The van der Waals surface area contributed by atoms with Gasteiger partial charge in [-0.15, -0.1) is 0 Å². The van der Waals surface area contributed by atoms with E-state index in [1.54, 1.807) is 0 Å². The Morgan fingerprint density at radius 2 is 2.00 bits per heavy atom. The minimum atomic E-state index is -1.82. The molecule has 20 heavy (non-hydrogen) atoms. The van der Waals surface area contributed by atoms with Crippen molar-refractivity contribution in [1.29, 1.82) is 0 Å². The predicted octanol–water partition coefficient (Wildman–Crippen LogP) is -0.480. The van der Waals surface area contributed by atoms with Crippen molar-refractivity contribution in [1.82, 2.24) is 10.2 Å². The number of likely N-dealkylation sites (tertiary alicyclic amines) is 1. The molecule has 0 spiro atoms. The first kappa shape index (κ1) is 16.0. The molecule has 2 fully saturated rings. The average Bonchev–Trinajstić information content (AvgIpc) is 3.03. The first-order valence-electron chi connectivity index (χ1n) is 6.46. The van der Waals surface area contributed by atoms with Crippen LogP contribution in [0.5, 0.6) is 0 Å². The van der Waals surface area contributed by atoms with Gasteiger partial charge in [-0.05, 0) is 25.8 Å². The molecule has 0 aromatic heterocycles. The number of amides is 1. The second kappa shape index (κ2) is 8.17. The van der Waals surface area contributed by atoms with Crippen LogP contribution < -0.4 is 5.32 Å². The van der Waals surface area contributed by atoms with Crippen molar-refractivity contribution in [3.05, 3.63) is 0 Å². The first-order valence-corrected chi connectivity index (χ1v) is 6.46. The number of rotatable bonds is 1. The Bertz CT molecular complexity index is 420. The van der Waals surface area contributed by atoms with Crippen molar-refractivity contribution in [3.63, 3.8) is 0 Å². The molecule has 1 amide bonds. The van der Waals surface area contributed by atoms with Crippen molar-refractivity contribution < 1.29 is 24.6 Å². The van der Waals surface area contributed by atoms with E-state index in [1.165, 1.54) is 6.42 Å². The molecule has 3 N–H and O–H groups in total. The summed E-state index contributed by atoms with van der Waals surface area (Å²) in [6.07, 6.45) is 4.09. The van der Waals surface area contributed by atoms with Crippen LogP contribution >= 0.6 is 0 Å². The predicted molar refractivity (Wildman–Crippen MR) is 69.9 cm³/mol. The molecule has 0 bridgehead atoms. The molecule has 2 aliphatic heterocycles. The van der Waals surface area contributed by atoms with Crippen molar-refractivity contribution in [2.75, 3.05) is 19.6 Å². The minimum absolute atomic E-state index is 0.263. The highest BCUT2D eigenvalue weighted by Crippen LogP contribution is 2.08. The second-order valence-corrected chi connectivity index (χ2v) is 4.50. The van der Waals surface area contributed by atoms with Crippen LogP contribution in [0.25, 0.3) is 0 Å². The summed E-state index contributed by atoms with van der Waals surface area (Å²) >= 11 is 0. The van der Waals surface area contributed by atoms with Gasteiger partial charge in [-0.25, -0.2) is 9.59 Å². The van der Waals surface area contributed by atoms with E-state index in [0.29, 0.717) is 19.0 Å². The fourth-order valence-corrected chi connectivity index (χ4v) is 1.94. The van der Waals surface area contributed by atoms with Crippen LogP contribution in [0, 0.1) is 11.8 Å². The van der Waals surface area contributed by atoms with Crippen LogP contribution in [0.15, 0.2) is 0 Å². The van der Waals surface area contributed by atoms with Gasteiger partial charge in [0.25, 0.3) is 0 Å². The Hall–Kier alpha value is -2.07. The van der Waals surface area contributed by atoms with E-state index < -0.39 is 11.9 Å². The summed E-state index contributed by atoms with van der Waals surface area (Å²) in [5.41, 5.74) is 0. The third-order valence-corrected chi connectivity index (χ3v) is 2.96. The maximum Gasteiger partial charge on any atom is 0.414 e. The molecule has 7 heteroatoms. The number of aliphatic carboxylic acids is 2. The van der Waals surface area contributed by atoms with E-state index in [4.69, 9.17) is 19.8 Å². The van der Waals surface area contributed by atoms with Crippen LogP contribution in [0.4, 0.5) is 0 Å². The Balaban J connectivity index is 0.000000286. The third kappa shape index (κ3) is 5.71. The first-order chi connectivity index (χ1) is 9.50. The van der Waals surface area contributed by atoms with Crippen molar-refractivity contribution in [2.24, 2.45) is 0 Å². The average molecular weight is 282 g/mol. The van der Waals surface area contributed by atoms with Gasteiger partial charge in [0.15, 0.2) is 0 Å². The minimum Gasteiger partial charge on any atom is -0.473 e. The highest BCUT2D eigenvalue weighted by atomic mass is 16.4. The SMILES string of the molecule is O=C(O)C(=O)O.O=C1CCCN1CC#C[C@@H]1CCCN1. The highest BCUT2D eigenvalue weighted by Gasteiger charge is 2.18. The third-order valence-electron chi connectivity index (χ3n) is 2.96. The lowest BCUT2D eigenvalue weighted by molar-refractivity contribution is -0.159. The van der Waals surface area contributed by atoms with Crippen LogP contribution in [0.3, 0.4) is 0 Å². The number of carbonyl (C=O) groups is 3. The van der Waals surface area contributed by atoms with Crippen LogP contribution in [0.2, 0.25) is 0 Å². The lowest BCUT2D eigenvalue weighted by atomic mass is 10.2. The zero-order valence-corrected chi connectivity index (χ0v) is 11.1. The zero-order chi connectivity index (χ0) is 15.0. The second-order valence-electron chi connectivity index (χ2n) is 4.50. The number of hydrogen-bond acceptors (Lipinski definition) is 4. The smallest absolute Gasteiger partial charge is 0.414 e. The van der Waals surface area contributed by atoms with Gasteiger partial charge in [-0.1, -0.05) is 11.8 Å². The lowest BCUT2D eigenvalue weighted by Crippen LogP contribution is -2.25. The van der Waals surface area contributed by atoms with Gasteiger partial charge in [0.2, 0.25) is 5.91 Å². The number of carbonyl (C=O) groups excluding carboxylic acids is 1. The van der Waals surface area contributed by atoms with Gasteiger partial charge in [0, 0.05) is 13.0 Å². The van der Waals surface area contributed by atoms with E-state index in [2.05, 4.69) is 17.2 Å². The molecule has 0 saturated carbocycles. The molecular formula is C13H18N2O5. The van der Waals surface area contributed by atoms with Crippen molar-refractivity contribution in [2.45, 2.75) is 31.7 Å². The molecule has 1 atom stereocenters. The number of nitrogens with zero attached hydrogens (tertiary/aromatic N) is 1. The zero-order valence-electron chi connectivity index (χ0n) is 11.1. The van der Waals surface area contributed by atoms with Crippen LogP contribution in [-0.4, -0.2) is 58.6 Å².